The van der Waals surface area contributed by atoms with Crippen LogP contribution in [0, 0.1) is 5.92 Å². The van der Waals surface area contributed by atoms with Gasteiger partial charge in [-0.2, -0.15) is 0 Å². The Labute approximate surface area is 341 Å². The van der Waals surface area contributed by atoms with Gasteiger partial charge in [0.15, 0.2) is 0 Å². The highest BCUT2D eigenvalue weighted by Crippen LogP contribution is 2.41. The van der Waals surface area contributed by atoms with Crippen molar-refractivity contribution in [2.45, 2.75) is 26.7 Å². The van der Waals surface area contributed by atoms with E-state index in [1.54, 1.807) is 0 Å². The average molecular weight is 751 g/mol. The van der Waals surface area contributed by atoms with E-state index in [2.05, 4.69) is 209 Å². The van der Waals surface area contributed by atoms with E-state index >= 15 is 0 Å². The third-order valence-corrected chi connectivity index (χ3v) is 11.1. The van der Waals surface area contributed by atoms with Crippen molar-refractivity contribution in [3.05, 3.63) is 211 Å². The van der Waals surface area contributed by atoms with Gasteiger partial charge in [-0.3, -0.25) is 9.98 Å². The molecule has 4 heteroatoms. The normalized spacial score (nSPS) is 14.1. The Balaban J connectivity index is 1.15. The van der Waals surface area contributed by atoms with Crippen molar-refractivity contribution in [1.82, 2.24) is 9.55 Å². The van der Waals surface area contributed by atoms with Crippen molar-refractivity contribution in [2.24, 2.45) is 10.9 Å². The number of para-hydroxylation sites is 1. The minimum atomic E-state index is 0.433. The summed E-state index contributed by atoms with van der Waals surface area (Å²) < 4.78 is 2.50. The molecule has 58 heavy (non-hydrogen) atoms. The molecule has 4 nitrogen and oxygen atoms in total. The van der Waals surface area contributed by atoms with Gasteiger partial charge in [-0.15, -0.1) is 0 Å². The van der Waals surface area contributed by atoms with Crippen LogP contribution in [0.3, 0.4) is 0 Å². The number of dihydropyridines is 1. The van der Waals surface area contributed by atoms with Crippen LogP contribution in [0.4, 0.5) is 11.4 Å². The molecule has 282 valence electrons. The van der Waals surface area contributed by atoms with Gasteiger partial charge in [0.25, 0.3) is 0 Å². The summed E-state index contributed by atoms with van der Waals surface area (Å²) in [5, 5.41) is 1.25. The second-order valence-electron chi connectivity index (χ2n) is 15.0. The second kappa shape index (κ2) is 16.6. The fraction of sp³-hybridized carbons (Fsp3) is 0.111. The number of hydrogen-bond donors (Lipinski definition) is 0. The molecular weight excluding hydrogens is 705 g/mol. The van der Waals surface area contributed by atoms with Crippen LogP contribution in [0.5, 0.6) is 0 Å². The molecule has 3 heterocycles. The third-order valence-electron chi connectivity index (χ3n) is 11.1. The molecule has 2 aromatic heterocycles. The highest BCUT2D eigenvalue weighted by molar-refractivity contribution is 6.10. The number of fused-ring (bicyclic) bond motifs is 1. The molecule has 0 saturated heterocycles. The molecule has 9 rings (SSSR count). The molecule has 0 N–H and O–H groups in total. The second-order valence-corrected chi connectivity index (χ2v) is 15.0. The van der Waals surface area contributed by atoms with Crippen LogP contribution in [-0.4, -0.2) is 22.3 Å². The average Bonchev–Trinajstić information content (AvgIpc) is 3.68. The predicted octanol–water partition coefficient (Wildman–Crippen LogP) is 13.8. The van der Waals surface area contributed by atoms with Crippen molar-refractivity contribution in [2.75, 3.05) is 11.4 Å². The molecule has 0 spiro atoms. The number of pyridine rings is 1. The number of aromatic nitrogens is 2. The van der Waals surface area contributed by atoms with Gasteiger partial charge < -0.3 is 9.47 Å². The highest BCUT2D eigenvalue weighted by atomic mass is 15.1. The maximum atomic E-state index is 4.62. The SMILES string of the molecule is C/C=C(\CCc1cc2c(-c3ccccc3)ccc(-c3ccccc3)c2n1-c1ccccc1)N(c1ccc(C2=C[C@@H](C)CN=C2)cc1)c1ccc(-c2ccccn2)cc1. The lowest BCUT2D eigenvalue weighted by Crippen LogP contribution is -2.17. The summed E-state index contributed by atoms with van der Waals surface area (Å²) in [6.45, 7) is 5.23. The first-order chi connectivity index (χ1) is 28.6. The zero-order chi connectivity index (χ0) is 39.3. The molecular formula is C54H46N4. The van der Waals surface area contributed by atoms with Gasteiger partial charge in [0.2, 0.25) is 0 Å². The summed E-state index contributed by atoms with van der Waals surface area (Å²) in [5.41, 5.74) is 16.4. The summed E-state index contributed by atoms with van der Waals surface area (Å²) in [6.07, 6.45) is 10.1. The molecule has 0 fully saturated rings. The summed E-state index contributed by atoms with van der Waals surface area (Å²) in [7, 11) is 0. The monoisotopic (exact) mass is 750 g/mol. The molecule has 1 aliphatic heterocycles. The molecule has 0 aliphatic carbocycles. The van der Waals surface area contributed by atoms with Crippen LogP contribution in [0.15, 0.2) is 205 Å². The van der Waals surface area contributed by atoms with E-state index in [9.17, 15) is 0 Å². The summed E-state index contributed by atoms with van der Waals surface area (Å²) in [6, 6.07) is 63.3. The number of rotatable bonds is 11. The van der Waals surface area contributed by atoms with Crippen LogP contribution >= 0.6 is 0 Å². The van der Waals surface area contributed by atoms with Crippen LogP contribution in [0.2, 0.25) is 0 Å². The Hall–Kier alpha value is -7.04. The van der Waals surface area contributed by atoms with Crippen LogP contribution < -0.4 is 4.90 Å². The van der Waals surface area contributed by atoms with Gasteiger partial charge in [-0.25, -0.2) is 0 Å². The Morgan fingerprint density at radius 2 is 1.26 bits per heavy atom. The maximum Gasteiger partial charge on any atom is 0.0701 e. The number of nitrogens with zero attached hydrogens (tertiary/aromatic N) is 4. The molecule has 0 unspecified atom stereocenters. The minimum Gasteiger partial charge on any atom is -0.315 e. The van der Waals surface area contributed by atoms with Crippen LogP contribution in [0.25, 0.3) is 55.7 Å². The van der Waals surface area contributed by atoms with E-state index in [0.717, 1.165) is 47.7 Å². The van der Waals surface area contributed by atoms with Crippen LogP contribution in [0.1, 0.15) is 31.5 Å². The summed E-state index contributed by atoms with van der Waals surface area (Å²) >= 11 is 0. The lowest BCUT2D eigenvalue weighted by molar-refractivity contribution is 0.740. The summed E-state index contributed by atoms with van der Waals surface area (Å²) in [4.78, 5) is 11.6. The largest absolute Gasteiger partial charge is 0.315 e. The predicted molar refractivity (Wildman–Crippen MR) is 245 cm³/mol. The zero-order valence-corrected chi connectivity index (χ0v) is 33.0. The molecule has 8 aromatic rings. The molecule has 0 radical (unpaired) electrons. The first kappa shape index (κ1) is 36.6. The van der Waals surface area contributed by atoms with Crippen molar-refractivity contribution in [1.29, 1.82) is 0 Å². The Morgan fingerprint density at radius 1 is 0.655 bits per heavy atom. The number of benzene rings is 6. The quantitative estimate of drug-likeness (QED) is 0.132. The standard InChI is InChI=1S/C54H46N4/c1-3-45(57(48-28-24-43(25-29-48)53-21-13-14-34-56-53)47-26-22-40(23-27-47)44-35-39(2)37-55-38-44)30-31-49-36-52-50(41-15-7-4-8-16-41)32-33-51(42-17-9-5-10-18-42)54(52)58(49)46-19-11-6-12-20-46/h3-29,32-36,38-39H,30-31,37H2,1-2H3/b45-3+/t39-/m1/s1. The van der Waals surface area contributed by atoms with E-state index in [1.807, 2.05) is 24.5 Å². The van der Waals surface area contributed by atoms with Gasteiger partial charge in [0, 0.05) is 63.9 Å². The fourth-order valence-electron chi connectivity index (χ4n) is 8.28. The molecule has 0 amide bonds. The lowest BCUT2D eigenvalue weighted by Gasteiger charge is -2.29. The topological polar surface area (TPSA) is 33.4 Å². The van der Waals surface area contributed by atoms with Crippen molar-refractivity contribution >= 4 is 34.1 Å². The minimum absolute atomic E-state index is 0.433. The van der Waals surface area contributed by atoms with Gasteiger partial charge in [0.1, 0.15) is 0 Å². The molecule has 0 bridgehead atoms. The third kappa shape index (κ3) is 7.45. The zero-order valence-electron chi connectivity index (χ0n) is 33.0. The maximum absolute atomic E-state index is 4.62. The molecule has 0 saturated carbocycles. The van der Waals surface area contributed by atoms with Crippen molar-refractivity contribution in [3.8, 4) is 39.2 Å². The number of anilines is 2. The Kier molecular flexibility index (Phi) is 10.5. The first-order valence-corrected chi connectivity index (χ1v) is 20.3. The smallest absolute Gasteiger partial charge is 0.0701 e. The van der Waals surface area contributed by atoms with Gasteiger partial charge in [0.05, 0.1) is 11.2 Å². The van der Waals surface area contributed by atoms with E-state index in [-0.39, 0.29) is 0 Å². The first-order valence-electron chi connectivity index (χ1n) is 20.3. The van der Waals surface area contributed by atoms with Crippen molar-refractivity contribution in [3.63, 3.8) is 0 Å². The lowest BCUT2D eigenvalue weighted by atomic mass is 9.96. The van der Waals surface area contributed by atoms with Gasteiger partial charge in [-0.05, 0) is 108 Å². The number of aliphatic imine (C=N–C) groups is 1. The molecule has 6 aromatic carbocycles. The van der Waals surface area contributed by atoms with E-state index in [1.165, 1.54) is 55.7 Å². The number of aryl methyl sites for hydroxylation is 1. The Bertz CT molecular complexity index is 2730. The number of allylic oxidation sites excluding steroid dienone is 3. The fourth-order valence-corrected chi connectivity index (χ4v) is 8.28. The van der Waals surface area contributed by atoms with Gasteiger partial charge >= 0.3 is 0 Å². The van der Waals surface area contributed by atoms with Crippen molar-refractivity contribution < 1.29 is 0 Å². The van der Waals surface area contributed by atoms with E-state index < -0.39 is 0 Å². The summed E-state index contributed by atoms with van der Waals surface area (Å²) in [5.74, 6) is 0.433. The molecule has 1 aliphatic rings. The van der Waals surface area contributed by atoms with Crippen LogP contribution in [-0.2, 0) is 6.42 Å². The van der Waals surface area contributed by atoms with Gasteiger partial charge in [-0.1, -0.05) is 140 Å². The molecule has 1 atom stereocenters. The van der Waals surface area contributed by atoms with E-state index in [0.29, 0.717) is 5.92 Å². The Morgan fingerprint density at radius 3 is 1.88 bits per heavy atom. The highest BCUT2D eigenvalue weighted by Gasteiger charge is 2.21. The van der Waals surface area contributed by atoms with E-state index in [4.69, 9.17) is 0 Å². The number of hydrogen-bond acceptors (Lipinski definition) is 3.